The van der Waals surface area contributed by atoms with Crippen molar-refractivity contribution in [2.75, 3.05) is 0 Å². The van der Waals surface area contributed by atoms with Gasteiger partial charge < -0.3 is 0 Å². The monoisotopic (exact) mass is 134 g/mol. The van der Waals surface area contributed by atoms with Crippen molar-refractivity contribution in [3.05, 3.63) is 36.5 Å². The molecule has 0 nitrogen and oxygen atoms in total. The molecule has 0 bridgehead atoms. The van der Waals surface area contributed by atoms with Crippen LogP contribution in [0.25, 0.3) is 0 Å². The van der Waals surface area contributed by atoms with Crippen molar-refractivity contribution in [2.45, 2.75) is 19.8 Å². The fraction of sp³-hybridized carbons (Fsp3) is 0.400. The van der Waals surface area contributed by atoms with Crippen molar-refractivity contribution in [3.63, 3.8) is 0 Å². The van der Waals surface area contributed by atoms with Crippen LogP contribution in [0.5, 0.6) is 0 Å². The Hall–Kier alpha value is -0.780. The maximum atomic E-state index is 3.97. The maximum absolute atomic E-state index is 3.97. The summed E-state index contributed by atoms with van der Waals surface area (Å²) >= 11 is 0. The van der Waals surface area contributed by atoms with Gasteiger partial charge >= 0.3 is 0 Å². The molecule has 0 heteroatoms. The van der Waals surface area contributed by atoms with Crippen LogP contribution < -0.4 is 0 Å². The fourth-order valence-electron chi connectivity index (χ4n) is 1.36. The molecule has 10 heavy (non-hydrogen) atoms. The molecule has 0 saturated heterocycles. The van der Waals surface area contributed by atoms with E-state index in [1.165, 1.54) is 24.0 Å². The van der Waals surface area contributed by atoms with E-state index in [0.29, 0.717) is 5.92 Å². The van der Waals surface area contributed by atoms with Gasteiger partial charge in [0.2, 0.25) is 0 Å². The maximum Gasteiger partial charge on any atom is 0.00396 e. The van der Waals surface area contributed by atoms with Crippen LogP contribution in [0.3, 0.4) is 0 Å². The van der Waals surface area contributed by atoms with E-state index in [1.807, 2.05) is 0 Å². The second kappa shape index (κ2) is 2.87. The Kier molecular flexibility index (Phi) is 2.10. The molecule has 0 aromatic heterocycles. The van der Waals surface area contributed by atoms with Crippen LogP contribution in [0.15, 0.2) is 36.5 Å². The molecule has 1 atom stereocenters. The summed E-state index contributed by atoms with van der Waals surface area (Å²) in [6, 6.07) is 0. The zero-order valence-electron chi connectivity index (χ0n) is 6.56. The second-order valence-corrected chi connectivity index (χ2v) is 2.95. The van der Waals surface area contributed by atoms with Crippen LogP contribution in [0.1, 0.15) is 19.8 Å². The molecule has 0 spiro atoms. The summed E-state index contributed by atoms with van der Waals surface area (Å²) in [5.74, 6) is 0.546. The quantitative estimate of drug-likeness (QED) is 0.483. The second-order valence-electron chi connectivity index (χ2n) is 2.95. The zero-order chi connectivity index (χ0) is 7.56. The minimum atomic E-state index is 0.546. The van der Waals surface area contributed by atoms with Gasteiger partial charge in [-0.05, 0) is 25.3 Å². The highest BCUT2D eigenvalue weighted by Gasteiger charge is 2.12. The van der Waals surface area contributed by atoms with Crippen LogP contribution in [0.4, 0.5) is 0 Å². The van der Waals surface area contributed by atoms with Crippen molar-refractivity contribution in [2.24, 2.45) is 5.92 Å². The predicted molar refractivity (Wildman–Crippen MR) is 45.8 cm³/mol. The molecule has 0 heterocycles. The van der Waals surface area contributed by atoms with Gasteiger partial charge in [0.05, 0.1) is 0 Å². The van der Waals surface area contributed by atoms with E-state index < -0.39 is 0 Å². The van der Waals surface area contributed by atoms with Gasteiger partial charge in [-0.15, -0.1) is 0 Å². The van der Waals surface area contributed by atoms with Crippen LogP contribution in [-0.4, -0.2) is 0 Å². The molecule has 0 aromatic rings. The zero-order valence-corrected chi connectivity index (χ0v) is 6.56. The summed E-state index contributed by atoms with van der Waals surface area (Å²) in [6.45, 7) is 9.98. The first kappa shape index (κ1) is 7.33. The Balaban J connectivity index is 2.70. The average Bonchev–Trinajstić information content (AvgIpc) is 1.88. The Morgan fingerprint density at radius 3 is 2.80 bits per heavy atom. The lowest BCUT2D eigenvalue weighted by atomic mass is 9.86. The first-order valence-electron chi connectivity index (χ1n) is 3.72. The Bertz CT molecular complexity index is 184. The molecule has 1 aliphatic rings. The van der Waals surface area contributed by atoms with E-state index >= 15 is 0 Å². The molecule has 0 aliphatic heterocycles. The molecule has 0 aromatic carbocycles. The molecule has 1 aliphatic carbocycles. The van der Waals surface area contributed by atoms with Crippen LogP contribution in [-0.2, 0) is 0 Å². The van der Waals surface area contributed by atoms with Gasteiger partial charge in [0.25, 0.3) is 0 Å². The lowest BCUT2D eigenvalue weighted by molar-refractivity contribution is 0.647. The summed E-state index contributed by atoms with van der Waals surface area (Å²) in [7, 11) is 0. The van der Waals surface area contributed by atoms with Gasteiger partial charge in [0.15, 0.2) is 0 Å². The Morgan fingerprint density at radius 1 is 1.70 bits per heavy atom. The molecule has 1 rings (SSSR count). The van der Waals surface area contributed by atoms with E-state index in [1.54, 1.807) is 0 Å². The molecule has 0 amide bonds. The average molecular weight is 134 g/mol. The van der Waals surface area contributed by atoms with Crippen molar-refractivity contribution < 1.29 is 0 Å². The van der Waals surface area contributed by atoms with Crippen LogP contribution in [0, 0.1) is 5.92 Å². The van der Waals surface area contributed by atoms with Crippen molar-refractivity contribution in [3.8, 4) is 0 Å². The minimum absolute atomic E-state index is 0.546. The van der Waals surface area contributed by atoms with Crippen molar-refractivity contribution in [1.82, 2.24) is 0 Å². The van der Waals surface area contributed by atoms with E-state index in [9.17, 15) is 0 Å². The van der Waals surface area contributed by atoms with E-state index in [-0.39, 0.29) is 0 Å². The highest BCUT2D eigenvalue weighted by molar-refractivity contribution is 5.27. The van der Waals surface area contributed by atoms with Gasteiger partial charge in [0.1, 0.15) is 0 Å². The standard InChI is InChI=1S/C10H14/c1-8(2)10-7-5-4-6-9(10)3/h4,6,10H,1,3,5,7H2,2H3/t10-/m0/s1. The van der Waals surface area contributed by atoms with E-state index in [2.05, 4.69) is 32.2 Å². The number of hydrogen-bond acceptors (Lipinski definition) is 0. The van der Waals surface area contributed by atoms with Gasteiger partial charge in [-0.2, -0.15) is 0 Å². The van der Waals surface area contributed by atoms with Gasteiger partial charge in [-0.25, -0.2) is 0 Å². The summed E-state index contributed by atoms with van der Waals surface area (Å²) in [5.41, 5.74) is 2.47. The Labute approximate surface area is 62.9 Å². The van der Waals surface area contributed by atoms with E-state index in [4.69, 9.17) is 0 Å². The van der Waals surface area contributed by atoms with Crippen molar-refractivity contribution in [1.29, 1.82) is 0 Å². The lowest BCUT2D eigenvalue weighted by Gasteiger charge is -2.19. The number of allylic oxidation sites excluding steroid dienone is 4. The van der Waals surface area contributed by atoms with Gasteiger partial charge in [-0.1, -0.05) is 30.9 Å². The molecule has 0 unspecified atom stereocenters. The van der Waals surface area contributed by atoms with E-state index in [0.717, 1.165) is 0 Å². The normalized spacial score (nSPS) is 24.9. The fourth-order valence-corrected chi connectivity index (χ4v) is 1.36. The molecule has 54 valence electrons. The molecule has 0 radical (unpaired) electrons. The third kappa shape index (κ3) is 1.38. The molecular weight excluding hydrogens is 120 g/mol. The predicted octanol–water partition coefficient (Wildman–Crippen LogP) is 3.08. The van der Waals surface area contributed by atoms with Gasteiger partial charge in [-0.3, -0.25) is 0 Å². The highest BCUT2D eigenvalue weighted by Crippen LogP contribution is 2.27. The lowest BCUT2D eigenvalue weighted by Crippen LogP contribution is -2.05. The minimum Gasteiger partial charge on any atom is -0.0995 e. The first-order valence-corrected chi connectivity index (χ1v) is 3.72. The largest absolute Gasteiger partial charge is 0.0995 e. The SMILES string of the molecule is C=C(C)[C@@H]1CCC=CC1=C. The summed E-state index contributed by atoms with van der Waals surface area (Å²) < 4.78 is 0. The first-order chi connectivity index (χ1) is 4.72. The van der Waals surface area contributed by atoms with Crippen LogP contribution >= 0.6 is 0 Å². The van der Waals surface area contributed by atoms with Crippen molar-refractivity contribution >= 4 is 0 Å². The summed E-state index contributed by atoms with van der Waals surface area (Å²) in [4.78, 5) is 0. The smallest absolute Gasteiger partial charge is 0.00396 e. The molecular formula is C10H14. The summed E-state index contributed by atoms with van der Waals surface area (Å²) in [6.07, 6.45) is 6.67. The number of rotatable bonds is 1. The Morgan fingerprint density at radius 2 is 2.40 bits per heavy atom. The van der Waals surface area contributed by atoms with Gasteiger partial charge in [0, 0.05) is 5.92 Å². The number of hydrogen-bond donors (Lipinski definition) is 0. The third-order valence-electron chi connectivity index (χ3n) is 2.00. The topological polar surface area (TPSA) is 0 Å². The highest BCUT2D eigenvalue weighted by atomic mass is 14.2. The molecule has 0 fully saturated rings. The third-order valence-corrected chi connectivity index (χ3v) is 2.00. The molecule has 0 N–H and O–H groups in total. The van der Waals surface area contributed by atoms with Crippen LogP contribution in [0.2, 0.25) is 0 Å². The summed E-state index contributed by atoms with van der Waals surface area (Å²) in [5, 5.41) is 0. The molecule has 0 saturated carbocycles.